The van der Waals surface area contributed by atoms with Crippen LogP contribution in [0.15, 0.2) is 42.6 Å². The highest BCUT2D eigenvalue weighted by Gasteiger charge is 2.76. The average Bonchev–Trinajstić information content (AvgIpc) is 3.11. The summed E-state index contributed by atoms with van der Waals surface area (Å²) in [5, 5.41) is 9.53. The lowest BCUT2D eigenvalue weighted by atomic mass is 9.53. The fourth-order valence-corrected chi connectivity index (χ4v) is 5.87. The maximum absolute atomic E-state index is 15.3. The van der Waals surface area contributed by atoms with E-state index in [2.05, 4.69) is 11.1 Å². The molecule has 1 aliphatic heterocycles. The molecule has 10 heteroatoms. The zero-order valence-electron chi connectivity index (χ0n) is 21.4. The summed E-state index contributed by atoms with van der Waals surface area (Å²) in [5.74, 6) is -4.65. The van der Waals surface area contributed by atoms with Crippen molar-refractivity contribution in [2.45, 2.75) is 45.6 Å². The number of allylic oxidation sites excluding steroid dienone is 1. The number of nitriles is 1. The van der Waals surface area contributed by atoms with Gasteiger partial charge in [0.25, 0.3) is 11.8 Å². The molecule has 1 saturated carbocycles. The number of nitrogens with zero attached hydrogens (tertiary/aromatic N) is 2. The molecule has 1 saturated heterocycles. The Morgan fingerprint density at radius 3 is 2.58 bits per heavy atom. The molecule has 2 fully saturated rings. The third-order valence-corrected chi connectivity index (χ3v) is 8.14. The van der Waals surface area contributed by atoms with Crippen LogP contribution in [0.25, 0.3) is 17.2 Å². The maximum Gasteiger partial charge on any atom is 0.323 e. The van der Waals surface area contributed by atoms with Crippen LogP contribution in [0, 0.1) is 41.4 Å². The second-order valence-electron chi connectivity index (χ2n) is 10.2. The average molecular weight is 523 g/mol. The second kappa shape index (κ2) is 9.40. The minimum Gasteiger partial charge on any atom is -0.450 e. The molecule has 8 nitrogen and oxygen atoms in total. The fraction of sp³-hybridized carbons (Fsp3) is 0.393. The van der Waals surface area contributed by atoms with Crippen LogP contribution in [0.5, 0.6) is 0 Å². The summed E-state index contributed by atoms with van der Waals surface area (Å²) < 4.78 is 36.1. The van der Waals surface area contributed by atoms with Crippen molar-refractivity contribution in [2.24, 2.45) is 29.0 Å². The standard InChI is InChI=1S/C28H28F2N4O4/c1-15-6-5-7-21(22(15)12-31)18-8-9-19(33-13-18)10-11-20-16(2)28(29,30)14-27(24(36)34-32)23(20)26(4,17(3)35)38-25(27)37/h5-11,13,16,20,23H,14,32H2,1-4H3,(H,34,36). The summed E-state index contributed by atoms with van der Waals surface area (Å²) in [6, 6.07) is 11.1. The number of rotatable bonds is 5. The lowest BCUT2D eigenvalue weighted by Gasteiger charge is -2.48. The first-order chi connectivity index (χ1) is 17.8. The summed E-state index contributed by atoms with van der Waals surface area (Å²) in [6.07, 6.45) is 3.43. The number of Topliss-reactive ketones (excluding diaryl/α,β-unsaturated/α-hetero) is 1. The summed E-state index contributed by atoms with van der Waals surface area (Å²) >= 11 is 0. The molecule has 0 spiro atoms. The van der Waals surface area contributed by atoms with Crippen molar-refractivity contribution >= 4 is 23.7 Å². The predicted octanol–water partition coefficient (Wildman–Crippen LogP) is 3.73. The normalized spacial score (nSPS) is 29.8. The number of nitrogens with two attached hydrogens (primary N) is 1. The molecule has 4 rings (SSSR count). The number of alkyl halides is 2. The molecular formula is C28H28F2N4O4. The predicted molar refractivity (Wildman–Crippen MR) is 134 cm³/mol. The third-order valence-electron chi connectivity index (χ3n) is 8.14. The van der Waals surface area contributed by atoms with Gasteiger partial charge < -0.3 is 4.74 Å². The molecule has 198 valence electrons. The molecular weight excluding hydrogens is 494 g/mol. The van der Waals surface area contributed by atoms with Gasteiger partial charge in [-0.3, -0.25) is 24.8 Å². The molecule has 5 atom stereocenters. The Labute approximate surface area is 218 Å². The first-order valence-electron chi connectivity index (χ1n) is 12.1. The van der Waals surface area contributed by atoms with Gasteiger partial charge in [-0.15, -0.1) is 0 Å². The van der Waals surface area contributed by atoms with Crippen molar-refractivity contribution in [2.75, 3.05) is 0 Å². The van der Waals surface area contributed by atoms with Crippen LogP contribution in [0.3, 0.4) is 0 Å². The van der Waals surface area contributed by atoms with Gasteiger partial charge in [-0.2, -0.15) is 5.26 Å². The van der Waals surface area contributed by atoms with Crippen molar-refractivity contribution < 1.29 is 27.9 Å². The zero-order valence-corrected chi connectivity index (χ0v) is 21.4. The Kier molecular flexibility index (Phi) is 6.70. The number of benzene rings is 1. The Morgan fingerprint density at radius 1 is 1.29 bits per heavy atom. The van der Waals surface area contributed by atoms with Gasteiger partial charge in [0, 0.05) is 35.6 Å². The van der Waals surface area contributed by atoms with E-state index in [0.29, 0.717) is 22.4 Å². The zero-order chi connectivity index (χ0) is 28.0. The smallest absolute Gasteiger partial charge is 0.323 e. The van der Waals surface area contributed by atoms with Crippen LogP contribution < -0.4 is 11.3 Å². The number of nitrogens with one attached hydrogen (secondary N) is 1. The van der Waals surface area contributed by atoms with Gasteiger partial charge >= 0.3 is 5.97 Å². The summed E-state index contributed by atoms with van der Waals surface area (Å²) in [6.45, 7) is 5.70. The first-order valence-corrected chi connectivity index (χ1v) is 12.1. The number of aromatic nitrogens is 1. The number of fused-ring (bicyclic) bond motifs is 1. The van der Waals surface area contributed by atoms with Crippen LogP contribution in [-0.2, 0) is 19.1 Å². The molecule has 3 N–H and O–H groups in total. The molecule has 1 amide bonds. The van der Waals surface area contributed by atoms with E-state index in [1.807, 2.05) is 30.5 Å². The van der Waals surface area contributed by atoms with E-state index in [1.54, 1.807) is 18.3 Å². The third kappa shape index (κ3) is 3.98. The minimum absolute atomic E-state index is 0.421. The van der Waals surface area contributed by atoms with E-state index in [-0.39, 0.29) is 0 Å². The lowest BCUT2D eigenvalue weighted by molar-refractivity contribution is -0.180. The monoisotopic (exact) mass is 522 g/mol. The number of hydrogen-bond acceptors (Lipinski definition) is 7. The number of esters is 1. The SMILES string of the molecule is CC(=O)C1(C)OC(=O)C2(C(=O)NN)CC(F)(F)C(C)C(C=Cc3ccc(-c4cccc(C)c4C#N)cn3)C12. The minimum atomic E-state index is -3.44. The number of aryl methyl sites for hydroxylation is 1. The van der Waals surface area contributed by atoms with E-state index >= 15 is 8.78 Å². The van der Waals surface area contributed by atoms with E-state index in [9.17, 15) is 19.6 Å². The highest BCUT2D eigenvalue weighted by molar-refractivity contribution is 6.08. The number of cyclic esters (lactones) is 1. The fourth-order valence-electron chi connectivity index (χ4n) is 5.87. The van der Waals surface area contributed by atoms with Crippen molar-refractivity contribution in [1.82, 2.24) is 10.4 Å². The molecule has 2 heterocycles. The molecule has 2 aliphatic rings. The molecule has 2 aromatic rings. The Bertz CT molecular complexity index is 1380. The number of ether oxygens (including phenoxy) is 1. The van der Waals surface area contributed by atoms with Gasteiger partial charge in [0.1, 0.15) is 6.07 Å². The van der Waals surface area contributed by atoms with E-state index in [0.717, 1.165) is 5.56 Å². The Balaban J connectivity index is 1.77. The highest BCUT2D eigenvalue weighted by atomic mass is 19.3. The van der Waals surface area contributed by atoms with E-state index < -0.39 is 58.8 Å². The molecule has 38 heavy (non-hydrogen) atoms. The van der Waals surface area contributed by atoms with Gasteiger partial charge in [0.05, 0.1) is 11.3 Å². The second-order valence-corrected chi connectivity index (χ2v) is 10.2. The molecule has 1 aliphatic carbocycles. The number of amides is 1. The summed E-state index contributed by atoms with van der Waals surface area (Å²) in [4.78, 5) is 43.0. The van der Waals surface area contributed by atoms with Gasteiger partial charge in [0.2, 0.25) is 0 Å². The first kappa shape index (κ1) is 27.1. The van der Waals surface area contributed by atoms with E-state index in [1.165, 1.54) is 32.9 Å². The molecule has 1 aromatic heterocycles. The Morgan fingerprint density at radius 2 is 2.00 bits per heavy atom. The number of carbonyl (C=O) groups excluding carboxylic acids is 3. The number of hydrazine groups is 1. The van der Waals surface area contributed by atoms with Crippen molar-refractivity contribution in [3.8, 4) is 17.2 Å². The van der Waals surface area contributed by atoms with E-state index in [4.69, 9.17) is 10.6 Å². The quantitative estimate of drug-likeness (QED) is 0.201. The summed E-state index contributed by atoms with van der Waals surface area (Å²) in [5.41, 5.74) is 0.896. The number of hydrogen-bond donors (Lipinski definition) is 2. The van der Waals surface area contributed by atoms with Gasteiger partial charge in [-0.25, -0.2) is 14.6 Å². The van der Waals surface area contributed by atoms with Crippen LogP contribution in [0.2, 0.25) is 0 Å². The topological polar surface area (TPSA) is 135 Å². The highest BCUT2D eigenvalue weighted by Crippen LogP contribution is 2.62. The van der Waals surface area contributed by atoms with Crippen molar-refractivity contribution in [3.05, 3.63) is 59.4 Å². The Hall–Kier alpha value is -3.97. The number of carbonyl (C=O) groups is 3. The molecule has 0 radical (unpaired) electrons. The summed E-state index contributed by atoms with van der Waals surface area (Å²) in [7, 11) is 0. The molecule has 5 unspecified atom stereocenters. The van der Waals surface area contributed by atoms with Crippen molar-refractivity contribution in [3.63, 3.8) is 0 Å². The van der Waals surface area contributed by atoms with Crippen LogP contribution in [0.4, 0.5) is 8.78 Å². The molecule has 1 aromatic carbocycles. The van der Waals surface area contributed by atoms with Gasteiger partial charge in [-0.05, 0) is 44.4 Å². The number of halogens is 2. The van der Waals surface area contributed by atoms with Gasteiger partial charge in [0.15, 0.2) is 16.8 Å². The lowest BCUT2D eigenvalue weighted by Crippen LogP contribution is -2.63. The largest absolute Gasteiger partial charge is 0.450 e. The number of ketones is 1. The van der Waals surface area contributed by atoms with Crippen LogP contribution in [0.1, 0.15) is 44.0 Å². The van der Waals surface area contributed by atoms with Crippen LogP contribution >= 0.6 is 0 Å². The maximum atomic E-state index is 15.3. The van der Waals surface area contributed by atoms with Crippen molar-refractivity contribution in [1.29, 1.82) is 5.26 Å². The number of pyridine rings is 1. The van der Waals surface area contributed by atoms with Crippen LogP contribution in [-0.4, -0.2) is 34.2 Å². The molecule has 0 bridgehead atoms. The van der Waals surface area contributed by atoms with Gasteiger partial charge in [-0.1, -0.05) is 37.3 Å².